The van der Waals surface area contributed by atoms with Gasteiger partial charge in [0.25, 0.3) is 10.0 Å². The lowest BCUT2D eigenvalue weighted by atomic mass is 10.1. The second-order valence-corrected chi connectivity index (χ2v) is 10.2. The maximum atomic E-state index is 13.7. The Labute approximate surface area is 207 Å². The first kappa shape index (κ1) is 26.1. The lowest BCUT2D eigenvalue weighted by molar-refractivity contribution is -0.120. The lowest BCUT2D eigenvalue weighted by Crippen LogP contribution is -2.43. The summed E-state index contributed by atoms with van der Waals surface area (Å²) in [6.07, 6.45) is 1.55. The molecule has 0 aliphatic rings. The Kier molecular flexibility index (Phi) is 8.76. The molecule has 186 valence electrons. The Balaban J connectivity index is 1.82. The molecule has 3 rings (SSSR count). The number of anilines is 1. The van der Waals surface area contributed by atoms with Crippen molar-refractivity contribution in [2.45, 2.75) is 37.6 Å². The summed E-state index contributed by atoms with van der Waals surface area (Å²) in [6.45, 7) is 3.48. The summed E-state index contributed by atoms with van der Waals surface area (Å²) in [7, 11) is -1.15. The number of aryl methyl sites for hydroxylation is 2. The standard InChI is InChI=1S/C27H32N2O5S/c1-20-10-14-23(15-11-20)29(35(31,32)24-16-17-25(33-3)26(18-24)34-4)19-27(30)28-21(2)12-13-22-8-6-5-7-9-22/h5-11,14-18,21H,12-13,19H2,1-4H3,(H,28,30)/t21-/m1/s1. The van der Waals surface area contributed by atoms with E-state index in [1.165, 1.54) is 38.0 Å². The summed E-state index contributed by atoms with van der Waals surface area (Å²) in [6, 6.07) is 21.3. The highest BCUT2D eigenvalue weighted by atomic mass is 32.2. The summed E-state index contributed by atoms with van der Waals surface area (Å²) >= 11 is 0. The monoisotopic (exact) mass is 496 g/mol. The van der Waals surface area contributed by atoms with E-state index in [1.54, 1.807) is 12.1 Å². The average Bonchev–Trinajstić information content (AvgIpc) is 2.86. The Morgan fingerprint density at radius 3 is 2.23 bits per heavy atom. The van der Waals surface area contributed by atoms with Gasteiger partial charge in [0.2, 0.25) is 5.91 Å². The van der Waals surface area contributed by atoms with Crippen LogP contribution in [0.1, 0.15) is 24.5 Å². The van der Waals surface area contributed by atoms with Crippen LogP contribution >= 0.6 is 0 Å². The fourth-order valence-corrected chi connectivity index (χ4v) is 5.12. The van der Waals surface area contributed by atoms with E-state index >= 15 is 0 Å². The molecule has 0 radical (unpaired) electrons. The van der Waals surface area contributed by atoms with Gasteiger partial charge in [0.05, 0.1) is 24.8 Å². The van der Waals surface area contributed by atoms with Crippen LogP contribution in [0.3, 0.4) is 0 Å². The zero-order chi connectivity index (χ0) is 25.4. The molecule has 3 aromatic carbocycles. The van der Waals surface area contributed by atoms with Gasteiger partial charge in [-0.25, -0.2) is 8.42 Å². The molecule has 1 atom stereocenters. The highest BCUT2D eigenvalue weighted by molar-refractivity contribution is 7.92. The molecular weight excluding hydrogens is 464 g/mol. The van der Waals surface area contributed by atoms with Crippen molar-refractivity contribution in [2.75, 3.05) is 25.1 Å². The van der Waals surface area contributed by atoms with Gasteiger partial charge >= 0.3 is 0 Å². The third-order valence-electron chi connectivity index (χ3n) is 5.67. The van der Waals surface area contributed by atoms with Gasteiger partial charge in [0.1, 0.15) is 6.54 Å². The Hall–Kier alpha value is -3.52. The number of carbonyl (C=O) groups excluding carboxylic acids is 1. The first-order valence-electron chi connectivity index (χ1n) is 11.4. The summed E-state index contributed by atoms with van der Waals surface area (Å²) in [4.78, 5) is 13.0. The number of amides is 1. The topological polar surface area (TPSA) is 84.9 Å². The van der Waals surface area contributed by atoms with E-state index in [4.69, 9.17) is 9.47 Å². The van der Waals surface area contributed by atoms with Gasteiger partial charge in [-0.3, -0.25) is 9.10 Å². The van der Waals surface area contributed by atoms with Crippen LogP contribution in [0.4, 0.5) is 5.69 Å². The summed E-state index contributed by atoms with van der Waals surface area (Å²) < 4.78 is 39.0. The smallest absolute Gasteiger partial charge is 0.264 e. The molecule has 0 fully saturated rings. The molecule has 0 heterocycles. The van der Waals surface area contributed by atoms with E-state index in [9.17, 15) is 13.2 Å². The van der Waals surface area contributed by atoms with Crippen LogP contribution in [-0.2, 0) is 21.2 Å². The highest BCUT2D eigenvalue weighted by Crippen LogP contribution is 2.32. The van der Waals surface area contributed by atoms with Crippen LogP contribution in [0, 0.1) is 6.92 Å². The van der Waals surface area contributed by atoms with Gasteiger partial charge in [-0.15, -0.1) is 0 Å². The predicted molar refractivity (Wildman–Crippen MR) is 138 cm³/mol. The molecule has 35 heavy (non-hydrogen) atoms. The van der Waals surface area contributed by atoms with Crippen molar-refractivity contribution in [3.05, 3.63) is 83.9 Å². The van der Waals surface area contributed by atoms with Crippen LogP contribution in [0.25, 0.3) is 0 Å². The third-order valence-corrected chi connectivity index (χ3v) is 7.44. The third kappa shape index (κ3) is 6.76. The molecule has 0 aromatic heterocycles. The van der Waals surface area contributed by atoms with Crippen molar-refractivity contribution >= 4 is 21.6 Å². The fraction of sp³-hybridized carbons (Fsp3) is 0.296. The number of hydrogen-bond acceptors (Lipinski definition) is 5. The number of benzene rings is 3. The number of nitrogens with zero attached hydrogens (tertiary/aromatic N) is 1. The van der Waals surface area contributed by atoms with Gasteiger partial charge in [-0.05, 0) is 56.5 Å². The van der Waals surface area contributed by atoms with Gasteiger partial charge < -0.3 is 14.8 Å². The van der Waals surface area contributed by atoms with E-state index < -0.39 is 10.0 Å². The van der Waals surface area contributed by atoms with Crippen molar-refractivity contribution < 1.29 is 22.7 Å². The molecule has 7 nitrogen and oxygen atoms in total. The average molecular weight is 497 g/mol. The lowest BCUT2D eigenvalue weighted by Gasteiger charge is -2.25. The van der Waals surface area contributed by atoms with Crippen molar-refractivity contribution in [2.24, 2.45) is 0 Å². The number of ether oxygens (including phenoxy) is 2. The molecule has 0 unspecified atom stereocenters. The van der Waals surface area contributed by atoms with E-state index in [0.717, 1.165) is 22.7 Å². The number of sulfonamides is 1. The number of methoxy groups -OCH3 is 2. The molecule has 1 N–H and O–H groups in total. The zero-order valence-corrected chi connectivity index (χ0v) is 21.3. The maximum Gasteiger partial charge on any atom is 0.264 e. The molecule has 0 saturated heterocycles. The molecule has 3 aromatic rings. The molecule has 1 amide bonds. The number of rotatable bonds is 11. The van der Waals surface area contributed by atoms with Crippen LogP contribution in [0.5, 0.6) is 11.5 Å². The SMILES string of the molecule is COc1ccc(S(=O)(=O)N(CC(=O)N[C@H](C)CCc2ccccc2)c2ccc(C)cc2)cc1OC. The largest absolute Gasteiger partial charge is 0.493 e. The Morgan fingerprint density at radius 1 is 0.943 bits per heavy atom. The molecule has 0 spiro atoms. The molecule has 8 heteroatoms. The Morgan fingerprint density at radius 2 is 1.60 bits per heavy atom. The second kappa shape index (κ2) is 11.8. The molecule has 0 aliphatic heterocycles. The van der Waals surface area contributed by atoms with Gasteiger partial charge in [-0.1, -0.05) is 48.0 Å². The van der Waals surface area contributed by atoms with E-state index in [1.807, 2.05) is 56.3 Å². The number of hydrogen-bond donors (Lipinski definition) is 1. The summed E-state index contributed by atoms with van der Waals surface area (Å²) in [5.74, 6) is 0.324. The minimum Gasteiger partial charge on any atom is -0.493 e. The molecule has 0 aliphatic carbocycles. The fourth-order valence-electron chi connectivity index (χ4n) is 3.68. The molecule has 0 bridgehead atoms. The zero-order valence-electron chi connectivity index (χ0n) is 20.5. The minimum atomic E-state index is -4.07. The van der Waals surface area contributed by atoms with E-state index in [-0.39, 0.29) is 29.1 Å². The van der Waals surface area contributed by atoms with Gasteiger partial charge in [0.15, 0.2) is 11.5 Å². The number of nitrogens with one attached hydrogen (secondary N) is 1. The first-order chi connectivity index (χ1) is 16.7. The minimum absolute atomic E-state index is 0.000603. The van der Waals surface area contributed by atoms with Crippen LogP contribution in [0.15, 0.2) is 77.7 Å². The summed E-state index contributed by atoms with van der Waals surface area (Å²) in [5.41, 5.74) is 2.57. The maximum absolute atomic E-state index is 13.7. The molecule has 0 saturated carbocycles. The van der Waals surface area contributed by atoms with E-state index in [2.05, 4.69) is 5.32 Å². The second-order valence-electron chi connectivity index (χ2n) is 8.36. The predicted octanol–water partition coefficient (Wildman–Crippen LogP) is 4.35. The van der Waals surface area contributed by atoms with Crippen molar-refractivity contribution in [3.8, 4) is 11.5 Å². The van der Waals surface area contributed by atoms with Crippen LogP contribution in [0.2, 0.25) is 0 Å². The summed E-state index contributed by atoms with van der Waals surface area (Å²) in [5, 5.41) is 2.94. The normalized spacial score (nSPS) is 12.0. The van der Waals surface area contributed by atoms with Gasteiger partial charge in [0, 0.05) is 12.1 Å². The van der Waals surface area contributed by atoms with Crippen molar-refractivity contribution in [1.29, 1.82) is 0 Å². The number of carbonyl (C=O) groups is 1. The van der Waals surface area contributed by atoms with Crippen molar-refractivity contribution in [1.82, 2.24) is 5.32 Å². The molecular formula is C27H32N2O5S. The van der Waals surface area contributed by atoms with Crippen LogP contribution < -0.4 is 19.1 Å². The Bertz CT molecular complexity index is 1230. The van der Waals surface area contributed by atoms with Crippen molar-refractivity contribution in [3.63, 3.8) is 0 Å². The van der Waals surface area contributed by atoms with E-state index in [0.29, 0.717) is 11.4 Å². The van der Waals surface area contributed by atoms with Crippen LogP contribution in [-0.4, -0.2) is 41.1 Å². The highest BCUT2D eigenvalue weighted by Gasteiger charge is 2.28. The first-order valence-corrected chi connectivity index (χ1v) is 12.8. The van der Waals surface area contributed by atoms with Gasteiger partial charge in [-0.2, -0.15) is 0 Å². The quantitative estimate of drug-likeness (QED) is 0.427.